The van der Waals surface area contributed by atoms with E-state index in [4.69, 9.17) is 0 Å². The van der Waals surface area contributed by atoms with Gasteiger partial charge in [0, 0.05) is 30.5 Å². The highest BCUT2D eigenvalue weighted by Crippen LogP contribution is 2.14. The third-order valence-corrected chi connectivity index (χ3v) is 3.81. The van der Waals surface area contributed by atoms with E-state index in [2.05, 4.69) is 33.4 Å². The molecule has 1 aliphatic rings. The van der Waals surface area contributed by atoms with Crippen molar-refractivity contribution in [3.63, 3.8) is 0 Å². The van der Waals surface area contributed by atoms with E-state index in [1.54, 1.807) is 0 Å². The lowest BCUT2D eigenvalue weighted by Crippen LogP contribution is -2.35. The van der Waals surface area contributed by atoms with Gasteiger partial charge in [-0.15, -0.1) is 0 Å². The second kappa shape index (κ2) is 5.59. The summed E-state index contributed by atoms with van der Waals surface area (Å²) < 4.78 is 4.26. The summed E-state index contributed by atoms with van der Waals surface area (Å²) in [7, 11) is 0. The van der Waals surface area contributed by atoms with Gasteiger partial charge < -0.3 is 5.32 Å². The van der Waals surface area contributed by atoms with Gasteiger partial charge in [-0.1, -0.05) is 6.92 Å². The minimum absolute atomic E-state index is 0.594. The number of aryl methyl sites for hydroxylation is 1. The lowest BCUT2D eigenvalue weighted by Gasteiger charge is -2.23. The van der Waals surface area contributed by atoms with Crippen LogP contribution in [0.4, 0.5) is 5.13 Å². The topological polar surface area (TPSA) is 41.1 Å². The van der Waals surface area contributed by atoms with Crippen LogP contribution in [0.15, 0.2) is 0 Å². The largest absolute Gasteiger partial charge is 0.359 e. The molecule has 1 aliphatic heterocycles. The Morgan fingerprint density at radius 3 is 2.81 bits per heavy atom. The van der Waals surface area contributed by atoms with E-state index in [0.717, 1.165) is 23.9 Å². The van der Waals surface area contributed by atoms with E-state index in [1.807, 2.05) is 0 Å². The number of aromatic nitrogens is 2. The summed E-state index contributed by atoms with van der Waals surface area (Å²) >= 11 is 1.47. The third kappa shape index (κ3) is 2.92. The molecule has 5 heteroatoms. The number of nitrogens with one attached hydrogen (secondary N) is 1. The normalized spacial score (nSPS) is 18.9. The Morgan fingerprint density at radius 2 is 2.19 bits per heavy atom. The Bertz CT molecular complexity index is 320. The molecule has 0 aromatic carbocycles. The average Bonchev–Trinajstić information content (AvgIpc) is 2.96. The Balaban J connectivity index is 1.77. The van der Waals surface area contributed by atoms with Gasteiger partial charge in [-0.05, 0) is 32.9 Å². The molecule has 1 aromatic heterocycles. The summed E-state index contributed by atoms with van der Waals surface area (Å²) in [5.74, 6) is 0.946. The molecule has 0 amide bonds. The molecule has 4 nitrogen and oxygen atoms in total. The minimum Gasteiger partial charge on any atom is -0.359 e. The van der Waals surface area contributed by atoms with E-state index in [1.165, 1.54) is 37.5 Å². The SMILES string of the molecule is CCc1nsc(NCC(C)N2CCCC2)n1. The maximum atomic E-state index is 4.41. The fourth-order valence-corrected chi connectivity index (χ4v) is 2.67. The molecule has 1 unspecified atom stereocenters. The highest BCUT2D eigenvalue weighted by molar-refractivity contribution is 7.09. The van der Waals surface area contributed by atoms with Gasteiger partial charge in [0.05, 0.1) is 0 Å². The van der Waals surface area contributed by atoms with E-state index < -0.39 is 0 Å². The summed E-state index contributed by atoms with van der Waals surface area (Å²) in [5.41, 5.74) is 0. The van der Waals surface area contributed by atoms with Gasteiger partial charge >= 0.3 is 0 Å². The average molecular weight is 240 g/mol. The van der Waals surface area contributed by atoms with Crippen molar-refractivity contribution < 1.29 is 0 Å². The van der Waals surface area contributed by atoms with Crippen LogP contribution in [0.25, 0.3) is 0 Å². The maximum absolute atomic E-state index is 4.41. The molecule has 16 heavy (non-hydrogen) atoms. The summed E-state index contributed by atoms with van der Waals surface area (Å²) in [5, 5.41) is 4.34. The molecular weight excluding hydrogens is 220 g/mol. The fraction of sp³-hybridized carbons (Fsp3) is 0.818. The van der Waals surface area contributed by atoms with E-state index in [0.29, 0.717) is 6.04 Å². The van der Waals surface area contributed by atoms with E-state index >= 15 is 0 Å². The third-order valence-electron chi connectivity index (χ3n) is 3.10. The maximum Gasteiger partial charge on any atom is 0.202 e. The molecule has 1 N–H and O–H groups in total. The lowest BCUT2D eigenvalue weighted by molar-refractivity contribution is 0.269. The first-order valence-corrected chi connectivity index (χ1v) is 6.87. The lowest BCUT2D eigenvalue weighted by atomic mass is 10.3. The Morgan fingerprint density at radius 1 is 1.44 bits per heavy atom. The van der Waals surface area contributed by atoms with Crippen LogP contribution in [0, 0.1) is 0 Å². The van der Waals surface area contributed by atoms with Crippen molar-refractivity contribution in [3.8, 4) is 0 Å². The number of likely N-dealkylation sites (tertiary alicyclic amines) is 1. The second-order valence-corrected chi connectivity index (χ2v) is 5.09. The monoisotopic (exact) mass is 240 g/mol. The van der Waals surface area contributed by atoms with Crippen LogP contribution in [0.5, 0.6) is 0 Å². The van der Waals surface area contributed by atoms with Crippen molar-refractivity contribution in [2.24, 2.45) is 0 Å². The van der Waals surface area contributed by atoms with Crippen LogP contribution in [-0.2, 0) is 6.42 Å². The van der Waals surface area contributed by atoms with E-state index in [9.17, 15) is 0 Å². The molecule has 1 saturated heterocycles. The van der Waals surface area contributed by atoms with Crippen LogP contribution in [0.1, 0.15) is 32.5 Å². The van der Waals surface area contributed by atoms with Crippen LogP contribution in [0.3, 0.4) is 0 Å². The number of rotatable bonds is 5. The van der Waals surface area contributed by atoms with Crippen molar-refractivity contribution in [1.82, 2.24) is 14.3 Å². The number of hydrogen-bond donors (Lipinski definition) is 1. The summed E-state index contributed by atoms with van der Waals surface area (Å²) in [4.78, 5) is 6.94. The summed E-state index contributed by atoms with van der Waals surface area (Å²) in [6, 6.07) is 0.594. The first-order valence-electron chi connectivity index (χ1n) is 6.10. The van der Waals surface area contributed by atoms with Crippen LogP contribution >= 0.6 is 11.5 Å². The van der Waals surface area contributed by atoms with Gasteiger partial charge in [-0.2, -0.15) is 4.37 Å². The van der Waals surface area contributed by atoms with Crippen molar-refractivity contribution in [3.05, 3.63) is 5.82 Å². The highest BCUT2D eigenvalue weighted by atomic mass is 32.1. The molecule has 0 aliphatic carbocycles. The van der Waals surface area contributed by atoms with Gasteiger partial charge in [0.1, 0.15) is 5.82 Å². The van der Waals surface area contributed by atoms with Crippen molar-refractivity contribution in [2.75, 3.05) is 25.0 Å². The van der Waals surface area contributed by atoms with Gasteiger partial charge in [0.25, 0.3) is 0 Å². The number of nitrogens with zero attached hydrogens (tertiary/aromatic N) is 3. The summed E-state index contributed by atoms with van der Waals surface area (Å²) in [6.45, 7) is 7.83. The minimum atomic E-state index is 0.594. The van der Waals surface area contributed by atoms with Crippen LogP contribution in [-0.4, -0.2) is 39.9 Å². The smallest absolute Gasteiger partial charge is 0.202 e. The van der Waals surface area contributed by atoms with Crippen LogP contribution in [0.2, 0.25) is 0 Å². The predicted molar refractivity (Wildman–Crippen MR) is 68.0 cm³/mol. The Hall–Kier alpha value is -0.680. The Kier molecular flexibility index (Phi) is 4.12. The molecule has 0 saturated carbocycles. The van der Waals surface area contributed by atoms with Crippen molar-refractivity contribution in [2.45, 2.75) is 39.2 Å². The molecule has 1 aromatic rings. The van der Waals surface area contributed by atoms with Crippen LogP contribution < -0.4 is 5.32 Å². The van der Waals surface area contributed by atoms with Gasteiger partial charge in [-0.25, -0.2) is 4.98 Å². The zero-order chi connectivity index (χ0) is 11.4. The summed E-state index contributed by atoms with van der Waals surface area (Å²) in [6.07, 6.45) is 3.62. The Labute approximate surface area is 101 Å². The molecule has 0 spiro atoms. The van der Waals surface area contributed by atoms with Crippen molar-refractivity contribution in [1.29, 1.82) is 0 Å². The zero-order valence-corrected chi connectivity index (χ0v) is 10.9. The first-order chi connectivity index (χ1) is 7.79. The number of hydrogen-bond acceptors (Lipinski definition) is 5. The van der Waals surface area contributed by atoms with Crippen molar-refractivity contribution >= 4 is 16.7 Å². The number of anilines is 1. The van der Waals surface area contributed by atoms with E-state index in [-0.39, 0.29) is 0 Å². The molecular formula is C11H20N4S. The fourth-order valence-electron chi connectivity index (χ4n) is 2.02. The molecule has 90 valence electrons. The molecule has 1 fully saturated rings. The van der Waals surface area contributed by atoms with Gasteiger partial charge in [0.15, 0.2) is 0 Å². The zero-order valence-electron chi connectivity index (χ0n) is 10.1. The molecule has 0 radical (unpaired) electrons. The predicted octanol–water partition coefficient (Wildman–Crippen LogP) is 2.00. The second-order valence-electron chi connectivity index (χ2n) is 4.34. The molecule has 2 heterocycles. The van der Waals surface area contributed by atoms with Gasteiger partial charge in [0.2, 0.25) is 5.13 Å². The standard InChI is InChI=1S/C11H20N4S/c1-3-10-13-11(16-14-10)12-8-9(2)15-6-4-5-7-15/h9H,3-8H2,1-2H3,(H,12,13,14). The first kappa shape index (κ1) is 11.8. The van der Waals surface area contributed by atoms with Gasteiger partial charge in [-0.3, -0.25) is 4.90 Å². The quantitative estimate of drug-likeness (QED) is 0.854. The highest BCUT2D eigenvalue weighted by Gasteiger charge is 2.17. The molecule has 1 atom stereocenters. The molecule has 0 bridgehead atoms. The molecule has 2 rings (SSSR count).